The molecule has 10 nitrogen and oxygen atoms in total. The fraction of sp³-hybridized carbons (Fsp3) is 0.320. The van der Waals surface area contributed by atoms with Gasteiger partial charge in [-0.2, -0.15) is 0 Å². The van der Waals surface area contributed by atoms with Gasteiger partial charge in [0.25, 0.3) is 0 Å². The van der Waals surface area contributed by atoms with Gasteiger partial charge in [-0.05, 0) is 36.1 Å². The SMILES string of the molecule is C[C@H](NC(=O)OCC1c2ccccc2-c2ccccc21)C(=O)N[C@@H](C)C(=O)N[C@@H](CC=O)C(=O)O. The maximum absolute atomic E-state index is 12.4. The number of nitrogens with one attached hydrogen (secondary N) is 3. The van der Waals surface area contributed by atoms with E-state index in [1.54, 1.807) is 0 Å². The van der Waals surface area contributed by atoms with Crippen molar-refractivity contribution in [1.82, 2.24) is 16.0 Å². The number of rotatable bonds is 10. The quantitative estimate of drug-likeness (QED) is 0.376. The number of aldehydes is 1. The van der Waals surface area contributed by atoms with Crippen LogP contribution in [0.3, 0.4) is 0 Å². The highest BCUT2D eigenvalue weighted by Gasteiger charge is 2.30. The second kappa shape index (κ2) is 11.3. The van der Waals surface area contributed by atoms with Crippen LogP contribution < -0.4 is 16.0 Å². The molecule has 4 N–H and O–H groups in total. The van der Waals surface area contributed by atoms with Crippen LogP contribution in [-0.2, 0) is 23.9 Å². The molecule has 35 heavy (non-hydrogen) atoms. The predicted molar refractivity (Wildman–Crippen MR) is 126 cm³/mol. The number of fused-ring (bicyclic) bond motifs is 3. The number of amides is 3. The molecule has 0 unspecified atom stereocenters. The van der Waals surface area contributed by atoms with Crippen LogP contribution >= 0.6 is 0 Å². The number of carboxylic acid groups (broad SMARTS) is 1. The van der Waals surface area contributed by atoms with Gasteiger partial charge >= 0.3 is 12.1 Å². The van der Waals surface area contributed by atoms with Crippen molar-refractivity contribution in [3.63, 3.8) is 0 Å². The second-order valence-corrected chi connectivity index (χ2v) is 8.22. The molecule has 0 radical (unpaired) electrons. The van der Waals surface area contributed by atoms with Gasteiger partial charge in [-0.1, -0.05) is 48.5 Å². The fourth-order valence-electron chi connectivity index (χ4n) is 3.90. The van der Waals surface area contributed by atoms with Crippen molar-refractivity contribution in [2.45, 2.75) is 44.3 Å². The Morgan fingerprint density at radius 3 is 1.94 bits per heavy atom. The van der Waals surface area contributed by atoms with E-state index < -0.39 is 48.4 Å². The van der Waals surface area contributed by atoms with E-state index in [1.165, 1.54) is 13.8 Å². The lowest BCUT2D eigenvalue weighted by Gasteiger charge is -2.20. The summed E-state index contributed by atoms with van der Waals surface area (Å²) in [5.74, 6) is -2.94. The summed E-state index contributed by atoms with van der Waals surface area (Å²) in [5, 5.41) is 16.0. The molecule has 0 spiro atoms. The van der Waals surface area contributed by atoms with Crippen LogP contribution in [0.4, 0.5) is 4.79 Å². The third kappa shape index (κ3) is 6.03. The van der Waals surface area contributed by atoms with E-state index in [4.69, 9.17) is 9.84 Å². The largest absolute Gasteiger partial charge is 0.480 e. The minimum absolute atomic E-state index is 0.0836. The summed E-state index contributed by atoms with van der Waals surface area (Å²) < 4.78 is 5.41. The summed E-state index contributed by atoms with van der Waals surface area (Å²) in [6.45, 7) is 2.86. The molecule has 0 heterocycles. The maximum atomic E-state index is 12.4. The molecule has 0 bridgehead atoms. The molecule has 1 aliphatic rings. The van der Waals surface area contributed by atoms with Crippen LogP contribution in [0, 0.1) is 0 Å². The lowest BCUT2D eigenvalue weighted by Crippen LogP contribution is -2.54. The first-order valence-corrected chi connectivity index (χ1v) is 11.1. The van der Waals surface area contributed by atoms with Gasteiger partial charge in [-0.15, -0.1) is 0 Å². The summed E-state index contributed by atoms with van der Waals surface area (Å²) in [5.41, 5.74) is 4.30. The Labute approximate surface area is 202 Å². The van der Waals surface area contributed by atoms with Gasteiger partial charge in [-0.3, -0.25) is 9.59 Å². The van der Waals surface area contributed by atoms with Crippen LogP contribution in [0.5, 0.6) is 0 Å². The Morgan fingerprint density at radius 1 is 0.886 bits per heavy atom. The van der Waals surface area contributed by atoms with Crippen molar-refractivity contribution in [3.8, 4) is 11.1 Å². The van der Waals surface area contributed by atoms with Gasteiger partial charge in [0.05, 0.1) is 0 Å². The Kier molecular flexibility index (Phi) is 8.19. The van der Waals surface area contributed by atoms with Crippen molar-refractivity contribution in [3.05, 3.63) is 59.7 Å². The molecule has 1 aliphatic carbocycles. The van der Waals surface area contributed by atoms with Crippen molar-refractivity contribution in [1.29, 1.82) is 0 Å². The Balaban J connectivity index is 1.51. The first-order chi connectivity index (χ1) is 16.7. The van der Waals surface area contributed by atoms with E-state index in [0.29, 0.717) is 6.29 Å². The molecule has 3 amide bonds. The minimum atomic E-state index is -1.39. The number of alkyl carbamates (subject to hydrolysis) is 1. The molecule has 0 saturated heterocycles. The molecule has 2 aromatic rings. The van der Waals surface area contributed by atoms with Crippen LogP contribution in [0.15, 0.2) is 48.5 Å². The number of carboxylic acids is 1. The minimum Gasteiger partial charge on any atom is -0.480 e. The van der Waals surface area contributed by atoms with Gasteiger partial charge in [0.15, 0.2) is 0 Å². The number of ether oxygens (including phenoxy) is 1. The first-order valence-electron chi connectivity index (χ1n) is 11.1. The fourth-order valence-corrected chi connectivity index (χ4v) is 3.90. The van der Waals surface area contributed by atoms with E-state index in [-0.39, 0.29) is 12.5 Å². The third-order valence-electron chi connectivity index (χ3n) is 5.77. The molecule has 3 atom stereocenters. The second-order valence-electron chi connectivity index (χ2n) is 8.22. The molecule has 10 heteroatoms. The highest BCUT2D eigenvalue weighted by Crippen LogP contribution is 2.44. The van der Waals surface area contributed by atoms with E-state index >= 15 is 0 Å². The lowest BCUT2D eigenvalue weighted by atomic mass is 9.98. The Hall–Kier alpha value is -4.21. The highest BCUT2D eigenvalue weighted by atomic mass is 16.5. The van der Waals surface area contributed by atoms with Gasteiger partial charge in [-0.25, -0.2) is 9.59 Å². The molecule has 0 saturated carbocycles. The zero-order valence-corrected chi connectivity index (χ0v) is 19.3. The number of aliphatic carboxylic acids is 1. The van der Waals surface area contributed by atoms with Crippen molar-refractivity contribution < 1.29 is 33.8 Å². The van der Waals surface area contributed by atoms with E-state index in [0.717, 1.165) is 22.3 Å². The molecule has 2 aromatic carbocycles. The molecule has 0 aromatic heterocycles. The molecule has 184 valence electrons. The molecular weight excluding hydrogens is 454 g/mol. The van der Waals surface area contributed by atoms with E-state index in [1.807, 2.05) is 48.5 Å². The predicted octanol–water partition coefficient (Wildman–Crippen LogP) is 1.58. The Morgan fingerprint density at radius 2 is 1.40 bits per heavy atom. The average Bonchev–Trinajstić information content (AvgIpc) is 3.15. The summed E-state index contributed by atoms with van der Waals surface area (Å²) in [6.07, 6.45) is -0.812. The topological polar surface area (TPSA) is 151 Å². The molecule has 0 fully saturated rings. The van der Waals surface area contributed by atoms with Crippen LogP contribution in [0.25, 0.3) is 11.1 Å². The summed E-state index contributed by atoms with van der Waals surface area (Å²) >= 11 is 0. The van der Waals surface area contributed by atoms with Crippen molar-refractivity contribution in [2.75, 3.05) is 6.61 Å². The summed E-state index contributed by atoms with van der Waals surface area (Å²) in [6, 6.07) is 12.3. The van der Waals surface area contributed by atoms with E-state index in [9.17, 15) is 24.0 Å². The number of hydrogen-bond acceptors (Lipinski definition) is 6. The summed E-state index contributed by atoms with van der Waals surface area (Å²) in [4.78, 5) is 58.5. The maximum Gasteiger partial charge on any atom is 0.407 e. The molecular formula is C25H27N3O7. The van der Waals surface area contributed by atoms with E-state index in [2.05, 4.69) is 16.0 Å². The zero-order chi connectivity index (χ0) is 25.5. The summed E-state index contributed by atoms with van der Waals surface area (Å²) in [7, 11) is 0. The van der Waals surface area contributed by atoms with Gasteiger partial charge in [0.2, 0.25) is 11.8 Å². The number of carbonyl (C=O) groups is 5. The van der Waals surface area contributed by atoms with Gasteiger partial charge in [0.1, 0.15) is 31.0 Å². The molecule has 0 aliphatic heterocycles. The normalized spacial score (nSPS) is 14.5. The number of carbonyl (C=O) groups excluding carboxylic acids is 4. The standard InChI is InChI=1S/C25H27N3O7/c1-14(23(31)28-21(11-12-29)24(32)33)26-22(30)15(2)27-25(34)35-13-20-18-9-5-3-7-16(18)17-8-4-6-10-19(17)20/h3-10,12,14-15,20-21H,11,13H2,1-2H3,(H,26,30)(H,27,34)(H,28,31)(H,32,33)/t14-,15-,21-/m0/s1. The van der Waals surface area contributed by atoms with Gasteiger partial charge in [0, 0.05) is 12.3 Å². The van der Waals surface area contributed by atoms with Gasteiger partial charge < -0.3 is 30.6 Å². The van der Waals surface area contributed by atoms with Crippen molar-refractivity contribution in [2.24, 2.45) is 0 Å². The molecule has 3 rings (SSSR count). The average molecular weight is 482 g/mol. The third-order valence-corrected chi connectivity index (χ3v) is 5.77. The van der Waals surface area contributed by atoms with Crippen LogP contribution in [0.2, 0.25) is 0 Å². The number of benzene rings is 2. The van der Waals surface area contributed by atoms with Crippen molar-refractivity contribution >= 4 is 30.2 Å². The highest BCUT2D eigenvalue weighted by molar-refractivity contribution is 5.92. The zero-order valence-electron chi connectivity index (χ0n) is 19.3. The first kappa shape index (κ1) is 25.4. The van der Waals surface area contributed by atoms with Crippen LogP contribution in [-0.4, -0.2) is 60.0 Å². The lowest BCUT2D eigenvalue weighted by molar-refractivity contribution is -0.143. The monoisotopic (exact) mass is 481 g/mol. The number of hydrogen-bond donors (Lipinski definition) is 4. The smallest absolute Gasteiger partial charge is 0.407 e. The van der Waals surface area contributed by atoms with Crippen LogP contribution in [0.1, 0.15) is 37.3 Å². The Bertz CT molecular complexity index is 1090.